The fourth-order valence-corrected chi connectivity index (χ4v) is 2.27. The van der Waals surface area contributed by atoms with E-state index in [0.717, 1.165) is 12.1 Å². The number of anilines is 1. The van der Waals surface area contributed by atoms with Crippen molar-refractivity contribution in [2.45, 2.75) is 26.9 Å². The number of hydrogen-bond donors (Lipinski definition) is 2. The molecule has 4 nitrogen and oxygen atoms in total. The molecule has 3 N–H and O–H groups in total. The highest BCUT2D eigenvalue weighted by molar-refractivity contribution is 14.0. The molecule has 2 aromatic carbocycles. The van der Waals surface area contributed by atoms with Crippen molar-refractivity contribution in [2.75, 3.05) is 18.5 Å². The van der Waals surface area contributed by atoms with E-state index in [1.807, 2.05) is 30.3 Å². The van der Waals surface area contributed by atoms with Crippen LogP contribution in [0, 0.1) is 5.92 Å². The number of ether oxygens (including phenoxy) is 1. The standard InChI is InChI=1S/C20H27N3O.HI/c1-3-17-9-11-19(12-10-17)23-20(21)22-13-16(2)14-24-15-18-7-5-4-6-8-18;/h4-12,16H,3,13-15H2,1-2H3,(H3,21,22,23);1H. The highest BCUT2D eigenvalue weighted by atomic mass is 127. The third kappa shape index (κ3) is 8.36. The van der Waals surface area contributed by atoms with Crippen LogP contribution in [-0.4, -0.2) is 19.1 Å². The fraction of sp³-hybridized carbons (Fsp3) is 0.350. The maximum absolute atomic E-state index is 5.94. The first-order chi connectivity index (χ1) is 11.7. The lowest BCUT2D eigenvalue weighted by Gasteiger charge is -2.11. The Hall–Kier alpha value is -1.60. The second kappa shape index (κ2) is 11.9. The molecule has 25 heavy (non-hydrogen) atoms. The number of aryl methyl sites for hydroxylation is 1. The fourth-order valence-electron chi connectivity index (χ4n) is 2.27. The van der Waals surface area contributed by atoms with E-state index in [0.29, 0.717) is 31.6 Å². The molecule has 136 valence electrons. The number of nitrogens with two attached hydrogens (primary N) is 1. The number of nitrogens with one attached hydrogen (secondary N) is 1. The average molecular weight is 453 g/mol. The second-order valence-electron chi connectivity index (χ2n) is 6.01. The number of guanidine groups is 1. The molecule has 0 saturated carbocycles. The molecular weight excluding hydrogens is 425 g/mol. The predicted molar refractivity (Wildman–Crippen MR) is 117 cm³/mol. The maximum atomic E-state index is 5.94. The number of benzene rings is 2. The Morgan fingerprint density at radius 2 is 1.76 bits per heavy atom. The summed E-state index contributed by atoms with van der Waals surface area (Å²) in [5, 5.41) is 3.12. The van der Waals surface area contributed by atoms with Gasteiger partial charge in [0.15, 0.2) is 5.96 Å². The van der Waals surface area contributed by atoms with Crippen LogP contribution in [0.15, 0.2) is 59.6 Å². The van der Waals surface area contributed by atoms with Crippen molar-refractivity contribution in [3.8, 4) is 0 Å². The summed E-state index contributed by atoms with van der Waals surface area (Å²) in [6, 6.07) is 18.4. The Kier molecular flexibility index (Phi) is 10.2. The molecule has 0 spiro atoms. The Labute approximate surface area is 167 Å². The first-order valence-electron chi connectivity index (χ1n) is 8.45. The first kappa shape index (κ1) is 21.4. The van der Waals surface area contributed by atoms with Crippen molar-refractivity contribution in [1.29, 1.82) is 0 Å². The lowest BCUT2D eigenvalue weighted by atomic mass is 10.1. The smallest absolute Gasteiger partial charge is 0.193 e. The monoisotopic (exact) mass is 453 g/mol. The lowest BCUT2D eigenvalue weighted by Crippen LogP contribution is -2.24. The van der Waals surface area contributed by atoms with E-state index in [2.05, 4.69) is 48.4 Å². The van der Waals surface area contributed by atoms with E-state index in [9.17, 15) is 0 Å². The van der Waals surface area contributed by atoms with Crippen molar-refractivity contribution >= 4 is 35.6 Å². The summed E-state index contributed by atoms with van der Waals surface area (Å²) in [4.78, 5) is 4.39. The van der Waals surface area contributed by atoms with Crippen LogP contribution < -0.4 is 11.1 Å². The SMILES string of the molecule is CCc1ccc(NC(N)=NCC(C)COCc2ccccc2)cc1.I. The van der Waals surface area contributed by atoms with Gasteiger partial charge in [-0.15, -0.1) is 24.0 Å². The number of halogens is 1. The minimum absolute atomic E-state index is 0. The summed E-state index contributed by atoms with van der Waals surface area (Å²) in [6.45, 7) is 6.18. The third-order valence-corrected chi connectivity index (χ3v) is 3.72. The summed E-state index contributed by atoms with van der Waals surface area (Å²) >= 11 is 0. The molecule has 0 aliphatic carbocycles. The predicted octanol–water partition coefficient (Wildman–Crippen LogP) is 4.45. The summed E-state index contributed by atoms with van der Waals surface area (Å²) in [5.74, 6) is 0.755. The zero-order valence-electron chi connectivity index (χ0n) is 14.9. The topological polar surface area (TPSA) is 59.6 Å². The average Bonchev–Trinajstić information content (AvgIpc) is 2.61. The molecule has 0 aliphatic rings. The van der Waals surface area contributed by atoms with Gasteiger partial charge >= 0.3 is 0 Å². The molecule has 0 fully saturated rings. The van der Waals surface area contributed by atoms with Crippen molar-refractivity contribution in [3.63, 3.8) is 0 Å². The normalized spacial score (nSPS) is 12.3. The molecule has 0 heterocycles. The lowest BCUT2D eigenvalue weighted by molar-refractivity contribution is 0.0945. The van der Waals surface area contributed by atoms with Gasteiger partial charge in [0.1, 0.15) is 0 Å². The van der Waals surface area contributed by atoms with Crippen LogP contribution in [0.3, 0.4) is 0 Å². The van der Waals surface area contributed by atoms with Crippen LogP contribution in [0.25, 0.3) is 0 Å². The van der Waals surface area contributed by atoms with Crippen LogP contribution >= 0.6 is 24.0 Å². The molecule has 0 amide bonds. The van der Waals surface area contributed by atoms with Gasteiger partial charge < -0.3 is 15.8 Å². The van der Waals surface area contributed by atoms with E-state index in [1.54, 1.807) is 0 Å². The third-order valence-electron chi connectivity index (χ3n) is 3.72. The zero-order chi connectivity index (χ0) is 17.2. The molecule has 0 radical (unpaired) electrons. The van der Waals surface area contributed by atoms with Gasteiger partial charge in [-0.25, -0.2) is 0 Å². The molecular formula is C20H28IN3O. The minimum Gasteiger partial charge on any atom is -0.376 e. The highest BCUT2D eigenvalue weighted by Crippen LogP contribution is 2.09. The number of aliphatic imine (C=N–C) groups is 1. The van der Waals surface area contributed by atoms with Crippen LogP contribution in [0.4, 0.5) is 5.69 Å². The van der Waals surface area contributed by atoms with Crippen LogP contribution in [-0.2, 0) is 17.8 Å². The van der Waals surface area contributed by atoms with Crippen molar-refractivity contribution in [2.24, 2.45) is 16.6 Å². The molecule has 1 unspecified atom stereocenters. The Bertz CT molecular complexity index is 629. The van der Waals surface area contributed by atoms with Gasteiger partial charge in [-0.2, -0.15) is 0 Å². The van der Waals surface area contributed by atoms with Crippen molar-refractivity contribution < 1.29 is 4.74 Å². The first-order valence-corrected chi connectivity index (χ1v) is 8.45. The van der Waals surface area contributed by atoms with Gasteiger partial charge in [0.05, 0.1) is 13.2 Å². The molecule has 0 aromatic heterocycles. The van der Waals surface area contributed by atoms with E-state index in [-0.39, 0.29) is 24.0 Å². The van der Waals surface area contributed by atoms with E-state index in [4.69, 9.17) is 10.5 Å². The Balaban J connectivity index is 0.00000312. The summed E-state index contributed by atoms with van der Waals surface area (Å²) in [6.07, 6.45) is 1.03. The summed E-state index contributed by atoms with van der Waals surface area (Å²) < 4.78 is 5.73. The molecule has 0 aliphatic heterocycles. The van der Waals surface area contributed by atoms with E-state index >= 15 is 0 Å². The van der Waals surface area contributed by atoms with Gasteiger partial charge in [-0.1, -0.05) is 56.3 Å². The van der Waals surface area contributed by atoms with Gasteiger partial charge in [0, 0.05) is 12.2 Å². The number of nitrogens with zero attached hydrogens (tertiary/aromatic N) is 1. The largest absolute Gasteiger partial charge is 0.376 e. The Morgan fingerprint density at radius 3 is 2.40 bits per heavy atom. The van der Waals surface area contributed by atoms with Gasteiger partial charge in [0.25, 0.3) is 0 Å². The highest BCUT2D eigenvalue weighted by Gasteiger charge is 2.03. The molecule has 5 heteroatoms. The summed E-state index contributed by atoms with van der Waals surface area (Å²) in [7, 11) is 0. The summed E-state index contributed by atoms with van der Waals surface area (Å²) in [5.41, 5.74) is 9.39. The second-order valence-corrected chi connectivity index (χ2v) is 6.01. The molecule has 2 aromatic rings. The van der Waals surface area contributed by atoms with Crippen molar-refractivity contribution in [3.05, 3.63) is 65.7 Å². The van der Waals surface area contributed by atoms with E-state index in [1.165, 1.54) is 11.1 Å². The van der Waals surface area contributed by atoms with Crippen LogP contribution in [0.2, 0.25) is 0 Å². The van der Waals surface area contributed by atoms with Crippen LogP contribution in [0.5, 0.6) is 0 Å². The quantitative estimate of drug-likeness (QED) is 0.353. The maximum Gasteiger partial charge on any atom is 0.193 e. The van der Waals surface area contributed by atoms with Gasteiger partial charge in [-0.3, -0.25) is 4.99 Å². The Morgan fingerprint density at radius 1 is 1.08 bits per heavy atom. The molecule has 1 atom stereocenters. The molecule has 0 bridgehead atoms. The zero-order valence-corrected chi connectivity index (χ0v) is 17.3. The van der Waals surface area contributed by atoms with Crippen LogP contribution in [0.1, 0.15) is 25.0 Å². The van der Waals surface area contributed by atoms with Gasteiger partial charge in [-0.05, 0) is 35.6 Å². The molecule has 0 saturated heterocycles. The van der Waals surface area contributed by atoms with Gasteiger partial charge in [0.2, 0.25) is 0 Å². The number of hydrogen-bond acceptors (Lipinski definition) is 2. The number of rotatable bonds is 8. The van der Waals surface area contributed by atoms with Crippen molar-refractivity contribution in [1.82, 2.24) is 0 Å². The minimum atomic E-state index is 0. The molecule has 2 rings (SSSR count). The van der Waals surface area contributed by atoms with E-state index < -0.39 is 0 Å².